The van der Waals surface area contributed by atoms with Gasteiger partial charge in [0.05, 0.1) is 6.10 Å². The fourth-order valence-corrected chi connectivity index (χ4v) is 5.48. The zero-order chi connectivity index (χ0) is 13.4. The highest BCUT2D eigenvalue weighted by atomic mass is 32.1. The molecule has 1 aromatic rings. The van der Waals surface area contributed by atoms with Crippen LogP contribution in [-0.4, -0.2) is 5.11 Å². The summed E-state index contributed by atoms with van der Waals surface area (Å²) in [7, 11) is 0. The highest BCUT2D eigenvalue weighted by molar-refractivity contribution is 7.12. The van der Waals surface area contributed by atoms with Crippen molar-refractivity contribution in [1.29, 1.82) is 0 Å². The lowest BCUT2D eigenvalue weighted by Gasteiger charge is -2.40. The molecular weight excluding hydrogens is 252 g/mol. The number of aliphatic hydroxyl groups excluding tert-OH is 1. The van der Waals surface area contributed by atoms with Crippen LogP contribution >= 0.6 is 11.3 Å². The van der Waals surface area contributed by atoms with Crippen LogP contribution in [0.1, 0.15) is 66.4 Å². The molecule has 0 aliphatic heterocycles. The van der Waals surface area contributed by atoms with E-state index in [0.29, 0.717) is 5.92 Å². The van der Waals surface area contributed by atoms with Crippen molar-refractivity contribution < 1.29 is 5.11 Å². The Hall–Kier alpha value is -0.340. The Kier molecular flexibility index (Phi) is 4.00. The molecule has 0 aromatic carbocycles. The molecule has 0 spiro atoms. The number of fused-ring (bicyclic) bond motifs is 1. The van der Waals surface area contributed by atoms with Gasteiger partial charge in [-0.2, -0.15) is 0 Å². The largest absolute Gasteiger partial charge is 0.387 e. The Morgan fingerprint density at radius 3 is 2.53 bits per heavy atom. The molecule has 4 unspecified atom stereocenters. The van der Waals surface area contributed by atoms with E-state index in [4.69, 9.17) is 0 Å². The predicted molar refractivity (Wildman–Crippen MR) is 81.5 cm³/mol. The van der Waals surface area contributed by atoms with Crippen molar-refractivity contribution in [3.8, 4) is 0 Å². The smallest absolute Gasteiger partial charge is 0.0912 e. The zero-order valence-corrected chi connectivity index (χ0v) is 13.0. The molecule has 2 aliphatic carbocycles. The maximum atomic E-state index is 10.7. The summed E-state index contributed by atoms with van der Waals surface area (Å²) >= 11 is 1.80. The van der Waals surface area contributed by atoms with E-state index in [9.17, 15) is 5.11 Å². The topological polar surface area (TPSA) is 20.2 Å². The Balaban J connectivity index is 1.70. The van der Waals surface area contributed by atoms with Crippen LogP contribution in [0.2, 0.25) is 0 Å². The summed E-state index contributed by atoms with van der Waals surface area (Å²) in [5, 5.41) is 10.7. The molecule has 1 nitrogen and oxygen atoms in total. The average Bonchev–Trinajstić information content (AvgIpc) is 2.76. The molecule has 1 aromatic heterocycles. The molecule has 2 fully saturated rings. The number of thiophene rings is 1. The molecule has 19 heavy (non-hydrogen) atoms. The Labute approximate surface area is 121 Å². The molecular formula is C17H26OS. The first-order valence-electron chi connectivity index (χ1n) is 7.90. The van der Waals surface area contributed by atoms with Crippen LogP contribution in [0, 0.1) is 31.6 Å². The second-order valence-corrected chi connectivity index (χ2v) is 8.01. The van der Waals surface area contributed by atoms with E-state index >= 15 is 0 Å². The van der Waals surface area contributed by atoms with Crippen molar-refractivity contribution in [2.24, 2.45) is 17.8 Å². The maximum absolute atomic E-state index is 10.7. The van der Waals surface area contributed by atoms with Crippen molar-refractivity contribution in [2.75, 3.05) is 0 Å². The molecule has 1 heterocycles. The molecule has 0 amide bonds. The monoisotopic (exact) mass is 278 g/mol. The third-order valence-corrected chi connectivity index (χ3v) is 6.60. The van der Waals surface area contributed by atoms with Crippen LogP contribution in [0.5, 0.6) is 0 Å². The van der Waals surface area contributed by atoms with E-state index in [1.807, 2.05) is 0 Å². The van der Waals surface area contributed by atoms with Crippen LogP contribution in [-0.2, 0) is 0 Å². The number of aliphatic hydroxyl groups is 1. The van der Waals surface area contributed by atoms with Gasteiger partial charge in [0.15, 0.2) is 0 Å². The first kappa shape index (κ1) is 13.6. The summed E-state index contributed by atoms with van der Waals surface area (Å²) < 4.78 is 0. The average molecular weight is 278 g/mol. The minimum Gasteiger partial charge on any atom is -0.387 e. The van der Waals surface area contributed by atoms with Crippen LogP contribution < -0.4 is 0 Å². The Bertz CT molecular complexity index is 436. The van der Waals surface area contributed by atoms with Crippen LogP contribution in [0.3, 0.4) is 0 Å². The SMILES string of the molecule is Cc1cc(C)c(C(O)C2CCC3CCCCC3C2)s1. The third kappa shape index (κ3) is 2.75. The van der Waals surface area contributed by atoms with E-state index in [1.165, 1.54) is 60.3 Å². The number of aryl methyl sites for hydroxylation is 2. The fourth-order valence-electron chi connectivity index (χ4n) is 4.36. The standard InChI is InChI=1S/C17H26OS/c1-11-9-12(2)19-17(11)16(18)15-8-7-13-5-3-4-6-14(13)10-15/h9,13-16,18H,3-8,10H2,1-2H3. The van der Waals surface area contributed by atoms with Gasteiger partial charge in [0.25, 0.3) is 0 Å². The van der Waals surface area contributed by atoms with Gasteiger partial charge < -0.3 is 5.11 Å². The van der Waals surface area contributed by atoms with Crippen LogP contribution in [0.4, 0.5) is 0 Å². The summed E-state index contributed by atoms with van der Waals surface area (Å²) in [6.07, 6.45) is 9.37. The van der Waals surface area contributed by atoms with E-state index in [1.54, 1.807) is 11.3 Å². The van der Waals surface area contributed by atoms with Gasteiger partial charge in [-0.25, -0.2) is 0 Å². The first-order chi connectivity index (χ1) is 9.15. The molecule has 106 valence electrons. The van der Waals surface area contributed by atoms with Gasteiger partial charge in [0, 0.05) is 9.75 Å². The third-order valence-electron chi connectivity index (χ3n) is 5.37. The maximum Gasteiger partial charge on any atom is 0.0912 e. The van der Waals surface area contributed by atoms with Gasteiger partial charge in [-0.3, -0.25) is 0 Å². The molecule has 2 heteroatoms. The van der Waals surface area contributed by atoms with Gasteiger partial charge >= 0.3 is 0 Å². The van der Waals surface area contributed by atoms with Gasteiger partial charge in [-0.15, -0.1) is 11.3 Å². The zero-order valence-electron chi connectivity index (χ0n) is 12.2. The van der Waals surface area contributed by atoms with Gasteiger partial charge in [-0.05, 0) is 62.5 Å². The molecule has 0 bridgehead atoms. The Morgan fingerprint density at radius 1 is 1.11 bits per heavy atom. The van der Waals surface area contributed by atoms with Gasteiger partial charge in [0.2, 0.25) is 0 Å². The van der Waals surface area contributed by atoms with Crippen molar-refractivity contribution in [2.45, 2.75) is 64.9 Å². The summed E-state index contributed by atoms with van der Waals surface area (Å²) in [6, 6.07) is 2.22. The summed E-state index contributed by atoms with van der Waals surface area (Å²) in [4.78, 5) is 2.56. The first-order valence-corrected chi connectivity index (χ1v) is 8.72. The lowest BCUT2D eigenvalue weighted by molar-refractivity contribution is 0.0365. The van der Waals surface area contributed by atoms with E-state index in [2.05, 4.69) is 19.9 Å². The minimum atomic E-state index is -0.207. The molecule has 4 atom stereocenters. The number of hydrogen-bond acceptors (Lipinski definition) is 2. The number of hydrogen-bond donors (Lipinski definition) is 1. The molecule has 2 aliphatic rings. The van der Waals surface area contributed by atoms with Crippen molar-refractivity contribution in [3.63, 3.8) is 0 Å². The molecule has 0 radical (unpaired) electrons. The normalized spacial score (nSPS) is 32.9. The molecule has 0 saturated heterocycles. The van der Waals surface area contributed by atoms with Crippen molar-refractivity contribution >= 4 is 11.3 Å². The minimum absolute atomic E-state index is 0.207. The number of rotatable bonds is 2. The van der Waals surface area contributed by atoms with E-state index in [-0.39, 0.29) is 6.10 Å². The second kappa shape index (κ2) is 5.57. The summed E-state index contributed by atoms with van der Waals surface area (Å²) in [5.41, 5.74) is 1.29. The van der Waals surface area contributed by atoms with Crippen LogP contribution in [0.15, 0.2) is 6.07 Å². The lowest BCUT2D eigenvalue weighted by atomic mass is 9.66. The van der Waals surface area contributed by atoms with Crippen molar-refractivity contribution in [3.05, 3.63) is 21.4 Å². The van der Waals surface area contributed by atoms with Crippen LogP contribution in [0.25, 0.3) is 0 Å². The fraction of sp³-hybridized carbons (Fsp3) is 0.765. The molecule has 3 rings (SSSR count). The van der Waals surface area contributed by atoms with Gasteiger partial charge in [-0.1, -0.05) is 25.7 Å². The summed E-state index contributed by atoms with van der Waals surface area (Å²) in [6.45, 7) is 4.29. The molecule has 2 saturated carbocycles. The van der Waals surface area contributed by atoms with E-state index in [0.717, 1.165) is 11.8 Å². The Morgan fingerprint density at radius 2 is 1.84 bits per heavy atom. The quantitative estimate of drug-likeness (QED) is 0.806. The van der Waals surface area contributed by atoms with Gasteiger partial charge in [0.1, 0.15) is 0 Å². The molecule has 1 N–H and O–H groups in total. The lowest BCUT2D eigenvalue weighted by Crippen LogP contribution is -2.30. The second-order valence-electron chi connectivity index (χ2n) is 6.73. The van der Waals surface area contributed by atoms with Crippen molar-refractivity contribution in [1.82, 2.24) is 0 Å². The van der Waals surface area contributed by atoms with E-state index < -0.39 is 0 Å². The summed E-state index contributed by atoms with van der Waals surface area (Å²) in [5.74, 6) is 2.39. The predicted octanol–water partition coefficient (Wildman–Crippen LogP) is 5.00. The highest BCUT2D eigenvalue weighted by Crippen LogP contribution is 2.47. The highest BCUT2D eigenvalue weighted by Gasteiger charge is 2.36.